The van der Waals surface area contributed by atoms with Crippen molar-refractivity contribution >= 4 is 11.5 Å². The van der Waals surface area contributed by atoms with Crippen LogP contribution in [0.1, 0.15) is 25.1 Å². The Kier molecular flexibility index (Phi) is 4.57. The first-order valence-electron chi connectivity index (χ1n) is 6.61. The zero-order chi connectivity index (χ0) is 15.2. The number of nitrogen functional groups attached to an aromatic ring is 1. The first kappa shape index (κ1) is 14.6. The highest BCUT2D eigenvalue weighted by Crippen LogP contribution is 2.18. The second-order valence-corrected chi connectivity index (χ2v) is 4.73. The fourth-order valence-electron chi connectivity index (χ4n) is 1.73. The molecule has 3 N–H and O–H groups in total. The van der Waals surface area contributed by atoms with E-state index in [1.807, 2.05) is 32.0 Å². The predicted octanol–water partition coefficient (Wildman–Crippen LogP) is 2.33. The molecule has 0 bridgehead atoms. The van der Waals surface area contributed by atoms with Gasteiger partial charge in [-0.2, -0.15) is 5.26 Å². The predicted molar refractivity (Wildman–Crippen MR) is 80.7 cm³/mol. The van der Waals surface area contributed by atoms with Crippen LogP contribution in [0, 0.1) is 11.3 Å². The quantitative estimate of drug-likeness (QED) is 0.874. The molecule has 0 radical (unpaired) electrons. The zero-order valence-electron chi connectivity index (χ0n) is 12.0. The molecule has 21 heavy (non-hydrogen) atoms. The lowest BCUT2D eigenvalue weighted by Gasteiger charge is -2.13. The van der Waals surface area contributed by atoms with Crippen LogP contribution in [-0.2, 0) is 6.54 Å². The van der Waals surface area contributed by atoms with Crippen LogP contribution in [0.2, 0.25) is 0 Å². The minimum atomic E-state index is 0.0542. The molecule has 0 unspecified atom stereocenters. The lowest BCUT2D eigenvalue weighted by Crippen LogP contribution is -2.11. The first-order valence-corrected chi connectivity index (χ1v) is 6.61. The highest BCUT2D eigenvalue weighted by atomic mass is 16.5. The summed E-state index contributed by atoms with van der Waals surface area (Å²) >= 11 is 0. The second-order valence-electron chi connectivity index (χ2n) is 4.73. The van der Waals surface area contributed by atoms with Gasteiger partial charge >= 0.3 is 0 Å². The van der Waals surface area contributed by atoms with E-state index >= 15 is 0 Å². The number of hydrogen-bond donors (Lipinski definition) is 2. The van der Waals surface area contributed by atoms with Gasteiger partial charge in [0.25, 0.3) is 0 Å². The van der Waals surface area contributed by atoms with E-state index in [1.54, 1.807) is 18.3 Å². The van der Waals surface area contributed by atoms with Crippen molar-refractivity contribution in [3.8, 4) is 11.9 Å². The fraction of sp³-hybridized carbons (Fsp3) is 0.267. The normalized spacial score (nSPS) is 10.2. The van der Waals surface area contributed by atoms with Crippen LogP contribution in [0.5, 0.6) is 5.88 Å². The number of hydrogen-bond acceptors (Lipinski definition) is 6. The van der Waals surface area contributed by atoms with Gasteiger partial charge in [-0.3, -0.25) is 0 Å². The molecule has 2 aromatic rings. The molecule has 0 aromatic carbocycles. The number of ether oxygens (including phenoxy) is 1. The van der Waals surface area contributed by atoms with Gasteiger partial charge in [-0.1, -0.05) is 6.07 Å². The van der Waals surface area contributed by atoms with Crippen LogP contribution < -0.4 is 15.8 Å². The topological polar surface area (TPSA) is 96.9 Å². The van der Waals surface area contributed by atoms with Crippen molar-refractivity contribution in [3.05, 3.63) is 41.7 Å². The molecule has 6 heteroatoms. The number of nitriles is 1. The van der Waals surface area contributed by atoms with Crippen molar-refractivity contribution in [1.29, 1.82) is 5.26 Å². The van der Waals surface area contributed by atoms with Crippen LogP contribution in [0.15, 0.2) is 30.5 Å². The van der Waals surface area contributed by atoms with Gasteiger partial charge in [-0.05, 0) is 32.0 Å². The molecule has 0 fully saturated rings. The molecule has 0 aliphatic heterocycles. The van der Waals surface area contributed by atoms with Crippen molar-refractivity contribution in [2.45, 2.75) is 26.5 Å². The zero-order valence-corrected chi connectivity index (χ0v) is 12.0. The fourth-order valence-corrected chi connectivity index (χ4v) is 1.73. The molecular formula is C15H17N5O. The summed E-state index contributed by atoms with van der Waals surface area (Å²) in [6.07, 6.45) is 1.75. The van der Waals surface area contributed by atoms with Gasteiger partial charge in [0.05, 0.1) is 11.8 Å². The molecule has 2 heterocycles. The van der Waals surface area contributed by atoms with Gasteiger partial charge in [-0.15, -0.1) is 0 Å². The summed E-state index contributed by atoms with van der Waals surface area (Å²) in [4.78, 5) is 8.36. The van der Waals surface area contributed by atoms with Crippen molar-refractivity contribution in [2.75, 3.05) is 11.1 Å². The van der Waals surface area contributed by atoms with Gasteiger partial charge in [0, 0.05) is 18.3 Å². The number of pyridine rings is 2. The van der Waals surface area contributed by atoms with Crippen LogP contribution in [0.4, 0.5) is 11.5 Å². The summed E-state index contributed by atoms with van der Waals surface area (Å²) in [5.41, 5.74) is 7.14. The third kappa shape index (κ3) is 3.83. The van der Waals surface area contributed by atoms with Crippen LogP contribution in [0.25, 0.3) is 0 Å². The maximum Gasteiger partial charge on any atom is 0.218 e. The SMILES string of the molecule is CC(C)Oc1ncccc1CNc1ccc(N)c(C#N)n1. The lowest BCUT2D eigenvalue weighted by atomic mass is 10.2. The average molecular weight is 283 g/mol. The highest BCUT2D eigenvalue weighted by Gasteiger charge is 2.07. The van der Waals surface area contributed by atoms with Gasteiger partial charge in [0.1, 0.15) is 11.9 Å². The standard InChI is InChI=1S/C15H17N5O/c1-10(2)21-15-11(4-3-7-18-15)9-19-14-6-5-12(17)13(8-16)20-14/h3-7,10H,9,17H2,1-2H3,(H,19,20). The van der Waals surface area contributed by atoms with E-state index < -0.39 is 0 Å². The average Bonchev–Trinajstić information content (AvgIpc) is 2.47. The Bertz CT molecular complexity index is 663. The summed E-state index contributed by atoms with van der Waals surface area (Å²) in [6, 6.07) is 9.12. The molecule has 0 saturated heterocycles. The maximum absolute atomic E-state index is 8.92. The minimum absolute atomic E-state index is 0.0542. The number of nitrogens with one attached hydrogen (secondary N) is 1. The molecule has 0 saturated carbocycles. The van der Waals surface area contributed by atoms with Gasteiger partial charge in [-0.25, -0.2) is 9.97 Å². The van der Waals surface area contributed by atoms with Crippen molar-refractivity contribution < 1.29 is 4.74 Å². The Labute approximate surface area is 123 Å². The summed E-state index contributed by atoms with van der Waals surface area (Å²) in [7, 11) is 0. The minimum Gasteiger partial charge on any atom is -0.475 e. The number of nitrogens with two attached hydrogens (primary N) is 1. The van der Waals surface area contributed by atoms with Crippen LogP contribution in [-0.4, -0.2) is 16.1 Å². The van der Waals surface area contributed by atoms with E-state index in [4.69, 9.17) is 15.7 Å². The Morgan fingerprint density at radius 2 is 2.19 bits per heavy atom. The molecule has 0 aliphatic rings. The number of anilines is 2. The monoisotopic (exact) mass is 283 g/mol. The molecule has 108 valence electrons. The van der Waals surface area contributed by atoms with Gasteiger partial charge in [0.2, 0.25) is 5.88 Å². The molecule has 0 atom stereocenters. The Balaban J connectivity index is 2.12. The summed E-state index contributed by atoms with van der Waals surface area (Å²) in [5.74, 6) is 1.18. The molecule has 2 aromatic heterocycles. The smallest absolute Gasteiger partial charge is 0.218 e. The van der Waals surface area contributed by atoms with E-state index in [1.165, 1.54) is 0 Å². The summed E-state index contributed by atoms with van der Waals surface area (Å²) in [5, 5.41) is 12.1. The summed E-state index contributed by atoms with van der Waals surface area (Å²) < 4.78 is 5.65. The lowest BCUT2D eigenvalue weighted by molar-refractivity contribution is 0.230. The third-order valence-corrected chi connectivity index (χ3v) is 2.69. The Morgan fingerprint density at radius 1 is 1.38 bits per heavy atom. The molecule has 2 rings (SSSR count). The van der Waals surface area contributed by atoms with E-state index in [2.05, 4.69) is 15.3 Å². The molecule has 6 nitrogen and oxygen atoms in total. The number of nitrogens with zero attached hydrogens (tertiary/aromatic N) is 3. The van der Waals surface area contributed by atoms with E-state index in [0.717, 1.165) is 5.56 Å². The van der Waals surface area contributed by atoms with Crippen molar-refractivity contribution in [1.82, 2.24) is 9.97 Å². The maximum atomic E-state index is 8.92. The van der Waals surface area contributed by atoms with Crippen LogP contribution >= 0.6 is 0 Å². The highest BCUT2D eigenvalue weighted by molar-refractivity contribution is 5.54. The second kappa shape index (κ2) is 6.57. The Morgan fingerprint density at radius 3 is 2.90 bits per heavy atom. The number of aromatic nitrogens is 2. The molecule has 0 amide bonds. The van der Waals surface area contributed by atoms with Gasteiger partial charge < -0.3 is 15.8 Å². The first-order chi connectivity index (χ1) is 10.1. The van der Waals surface area contributed by atoms with Crippen molar-refractivity contribution in [3.63, 3.8) is 0 Å². The largest absolute Gasteiger partial charge is 0.475 e. The van der Waals surface area contributed by atoms with E-state index in [-0.39, 0.29) is 11.8 Å². The molecule has 0 aliphatic carbocycles. The molecular weight excluding hydrogens is 266 g/mol. The van der Waals surface area contributed by atoms with Gasteiger partial charge in [0.15, 0.2) is 5.69 Å². The number of rotatable bonds is 5. The summed E-state index contributed by atoms with van der Waals surface area (Å²) in [6.45, 7) is 4.40. The van der Waals surface area contributed by atoms with Crippen LogP contribution in [0.3, 0.4) is 0 Å². The van der Waals surface area contributed by atoms with Crippen molar-refractivity contribution in [2.24, 2.45) is 0 Å². The van der Waals surface area contributed by atoms with E-state index in [9.17, 15) is 0 Å². The Hall–Kier alpha value is -2.81. The van der Waals surface area contributed by atoms with E-state index in [0.29, 0.717) is 23.9 Å². The molecule has 0 spiro atoms. The third-order valence-electron chi connectivity index (χ3n) is 2.69.